The molecule has 1 amide bonds. The first-order valence-electron chi connectivity index (χ1n) is 11.0. The Balaban J connectivity index is 1.45. The molecule has 2 aliphatic rings. The summed E-state index contributed by atoms with van der Waals surface area (Å²) in [7, 11) is 1.68. The number of amides is 1. The fourth-order valence-corrected chi connectivity index (χ4v) is 4.19. The smallest absolute Gasteiger partial charge is 0.231 e. The molecule has 4 rings (SSSR count). The minimum absolute atomic E-state index is 0.0910. The summed E-state index contributed by atoms with van der Waals surface area (Å²) in [5.74, 6) is 2.53. The van der Waals surface area contributed by atoms with Crippen molar-refractivity contribution in [2.75, 3.05) is 51.5 Å². The van der Waals surface area contributed by atoms with Gasteiger partial charge in [0.25, 0.3) is 0 Å². The average Bonchev–Trinajstić information content (AvgIpc) is 3.28. The molecule has 2 aliphatic heterocycles. The summed E-state index contributed by atoms with van der Waals surface area (Å²) in [5.41, 5.74) is 2.34. The van der Waals surface area contributed by atoms with Crippen molar-refractivity contribution in [2.24, 2.45) is 0 Å². The normalized spacial score (nSPS) is 16.8. The minimum atomic E-state index is 0.0910. The van der Waals surface area contributed by atoms with E-state index in [9.17, 15) is 4.79 Å². The van der Waals surface area contributed by atoms with E-state index in [0.717, 1.165) is 55.4 Å². The summed E-state index contributed by atoms with van der Waals surface area (Å²) in [5, 5.41) is 3.12. The number of hydrogen-bond donors (Lipinski definition) is 1. The maximum atomic E-state index is 12.1. The number of methoxy groups -OCH3 is 1. The maximum absolute atomic E-state index is 12.1. The summed E-state index contributed by atoms with van der Waals surface area (Å²) < 4.78 is 16.3. The van der Waals surface area contributed by atoms with Crippen LogP contribution in [0.3, 0.4) is 0 Å². The molecule has 7 heteroatoms. The third kappa shape index (κ3) is 5.05. The Hall–Kier alpha value is -2.93. The monoisotopic (exact) mass is 425 g/mol. The highest BCUT2D eigenvalue weighted by molar-refractivity contribution is 5.75. The van der Waals surface area contributed by atoms with Crippen molar-refractivity contribution in [1.82, 2.24) is 10.2 Å². The van der Waals surface area contributed by atoms with Crippen molar-refractivity contribution in [3.63, 3.8) is 0 Å². The number of nitrogens with zero attached hydrogens (tertiary/aromatic N) is 2. The predicted molar refractivity (Wildman–Crippen MR) is 120 cm³/mol. The Morgan fingerprint density at radius 3 is 2.52 bits per heavy atom. The number of carbonyl (C=O) groups excluding carboxylic acids is 1. The number of ether oxygens (including phenoxy) is 3. The quantitative estimate of drug-likeness (QED) is 0.701. The van der Waals surface area contributed by atoms with Crippen LogP contribution >= 0.6 is 0 Å². The van der Waals surface area contributed by atoms with Crippen LogP contribution in [0.1, 0.15) is 31.4 Å². The van der Waals surface area contributed by atoms with E-state index in [2.05, 4.69) is 39.4 Å². The molecule has 1 fully saturated rings. The lowest BCUT2D eigenvalue weighted by Gasteiger charge is -2.40. The third-order valence-corrected chi connectivity index (χ3v) is 5.94. The van der Waals surface area contributed by atoms with Crippen LogP contribution in [-0.4, -0.2) is 57.4 Å². The van der Waals surface area contributed by atoms with Crippen LogP contribution in [0.25, 0.3) is 0 Å². The number of benzene rings is 2. The van der Waals surface area contributed by atoms with Crippen LogP contribution in [0.4, 0.5) is 5.69 Å². The predicted octanol–water partition coefficient (Wildman–Crippen LogP) is 3.20. The molecule has 0 radical (unpaired) electrons. The van der Waals surface area contributed by atoms with Gasteiger partial charge in [-0.05, 0) is 48.4 Å². The van der Waals surface area contributed by atoms with Crippen LogP contribution in [-0.2, 0) is 4.79 Å². The van der Waals surface area contributed by atoms with Gasteiger partial charge >= 0.3 is 0 Å². The highest BCUT2D eigenvalue weighted by Gasteiger charge is 2.27. The average molecular weight is 426 g/mol. The fourth-order valence-electron chi connectivity index (χ4n) is 4.19. The fraction of sp³-hybridized carbons (Fsp3) is 0.458. The number of rotatable bonds is 8. The topological polar surface area (TPSA) is 63.3 Å². The molecule has 0 spiro atoms. The van der Waals surface area contributed by atoms with Gasteiger partial charge in [-0.1, -0.05) is 13.0 Å². The first-order valence-corrected chi connectivity index (χ1v) is 11.0. The van der Waals surface area contributed by atoms with Crippen LogP contribution in [0, 0.1) is 0 Å². The van der Waals surface area contributed by atoms with E-state index in [0.29, 0.717) is 13.0 Å². The Labute approximate surface area is 183 Å². The molecular formula is C24H31N3O4. The van der Waals surface area contributed by atoms with Gasteiger partial charge in [0.2, 0.25) is 12.7 Å². The molecule has 1 saturated heterocycles. The third-order valence-electron chi connectivity index (χ3n) is 5.94. The lowest BCUT2D eigenvalue weighted by Crippen LogP contribution is -2.49. The lowest BCUT2D eigenvalue weighted by molar-refractivity contribution is -0.121. The van der Waals surface area contributed by atoms with E-state index in [1.54, 1.807) is 7.11 Å². The van der Waals surface area contributed by atoms with Crippen LogP contribution in [0.5, 0.6) is 17.2 Å². The maximum Gasteiger partial charge on any atom is 0.231 e. The van der Waals surface area contributed by atoms with Gasteiger partial charge in [-0.15, -0.1) is 0 Å². The largest absolute Gasteiger partial charge is 0.497 e. The molecule has 2 aromatic carbocycles. The molecule has 0 aliphatic carbocycles. The summed E-state index contributed by atoms with van der Waals surface area (Å²) in [6.45, 7) is 6.54. The van der Waals surface area contributed by atoms with Crippen molar-refractivity contribution in [2.45, 2.75) is 25.8 Å². The number of nitrogens with one attached hydrogen (secondary N) is 1. The van der Waals surface area contributed by atoms with E-state index >= 15 is 0 Å². The number of piperazine rings is 1. The van der Waals surface area contributed by atoms with Crippen LogP contribution in [0.15, 0.2) is 42.5 Å². The minimum Gasteiger partial charge on any atom is -0.497 e. The van der Waals surface area contributed by atoms with Gasteiger partial charge in [-0.25, -0.2) is 0 Å². The van der Waals surface area contributed by atoms with E-state index < -0.39 is 0 Å². The van der Waals surface area contributed by atoms with Gasteiger partial charge in [-0.3, -0.25) is 9.69 Å². The van der Waals surface area contributed by atoms with E-state index in [4.69, 9.17) is 14.2 Å². The molecule has 0 bridgehead atoms. The lowest BCUT2D eigenvalue weighted by atomic mass is 10.0. The van der Waals surface area contributed by atoms with Crippen molar-refractivity contribution in [3.05, 3.63) is 48.0 Å². The van der Waals surface area contributed by atoms with Gasteiger partial charge in [0.05, 0.1) is 13.2 Å². The number of hydrogen-bond acceptors (Lipinski definition) is 6. The molecule has 2 heterocycles. The van der Waals surface area contributed by atoms with Crippen molar-refractivity contribution in [3.8, 4) is 17.2 Å². The van der Waals surface area contributed by atoms with E-state index in [-0.39, 0.29) is 18.7 Å². The van der Waals surface area contributed by atoms with E-state index in [1.165, 1.54) is 5.69 Å². The second-order valence-corrected chi connectivity index (χ2v) is 7.90. The Morgan fingerprint density at radius 1 is 1.06 bits per heavy atom. The molecule has 31 heavy (non-hydrogen) atoms. The second kappa shape index (κ2) is 9.92. The van der Waals surface area contributed by atoms with E-state index in [1.807, 2.05) is 25.1 Å². The molecule has 166 valence electrons. The number of anilines is 1. The number of fused-ring (bicyclic) bond motifs is 1. The van der Waals surface area contributed by atoms with Gasteiger partial charge in [0.15, 0.2) is 11.5 Å². The summed E-state index contributed by atoms with van der Waals surface area (Å²) in [6.07, 6.45) is 1.40. The molecular weight excluding hydrogens is 394 g/mol. The van der Waals surface area contributed by atoms with Crippen molar-refractivity contribution in [1.29, 1.82) is 0 Å². The molecule has 1 N–H and O–H groups in total. The zero-order valence-corrected chi connectivity index (χ0v) is 18.3. The van der Waals surface area contributed by atoms with Gasteiger partial charge < -0.3 is 24.4 Å². The highest BCUT2D eigenvalue weighted by Crippen LogP contribution is 2.35. The van der Waals surface area contributed by atoms with Gasteiger partial charge in [0, 0.05) is 44.8 Å². The Bertz CT molecular complexity index is 879. The zero-order valence-electron chi connectivity index (χ0n) is 18.3. The summed E-state index contributed by atoms with van der Waals surface area (Å²) in [4.78, 5) is 17.0. The Morgan fingerprint density at radius 2 is 1.81 bits per heavy atom. The summed E-state index contributed by atoms with van der Waals surface area (Å²) in [6, 6.07) is 14.4. The molecule has 0 aromatic heterocycles. The summed E-state index contributed by atoms with van der Waals surface area (Å²) >= 11 is 0. The first kappa shape index (κ1) is 21.3. The van der Waals surface area contributed by atoms with Crippen LogP contribution in [0.2, 0.25) is 0 Å². The van der Waals surface area contributed by atoms with Crippen LogP contribution < -0.4 is 24.4 Å². The second-order valence-electron chi connectivity index (χ2n) is 7.90. The van der Waals surface area contributed by atoms with Crippen molar-refractivity contribution >= 4 is 11.6 Å². The molecule has 1 atom stereocenters. The van der Waals surface area contributed by atoms with Crippen molar-refractivity contribution < 1.29 is 19.0 Å². The Kier molecular flexibility index (Phi) is 6.82. The number of carbonyl (C=O) groups is 1. The highest BCUT2D eigenvalue weighted by atomic mass is 16.7. The molecule has 2 aromatic rings. The SMILES string of the molecule is CCCC(=O)NC[C@H](c1ccc2c(c1)OCO2)N1CCN(c2ccc(OC)cc2)CC1. The zero-order chi connectivity index (χ0) is 21.6. The molecule has 0 unspecified atom stereocenters. The molecule has 0 saturated carbocycles. The van der Waals surface area contributed by atoms with Gasteiger partial charge in [0.1, 0.15) is 5.75 Å². The first-order chi connectivity index (χ1) is 15.2. The standard InChI is InChI=1S/C24H31N3O4/c1-3-4-24(28)25-16-21(18-5-10-22-23(15-18)31-17-30-22)27-13-11-26(12-14-27)19-6-8-20(29-2)9-7-19/h5-10,15,21H,3-4,11-14,16-17H2,1-2H3,(H,25,28)/t21-/m1/s1. The molecule has 7 nitrogen and oxygen atoms in total. The van der Waals surface area contributed by atoms with Gasteiger partial charge in [-0.2, -0.15) is 0 Å².